The van der Waals surface area contributed by atoms with E-state index in [1.165, 1.54) is 16.7 Å². The molecular weight excluding hydrogens is 446 g/mol. The van der Waals surface area contributed by atoms with Crippen LogP contribution in [0.3, 0.4) is 0 Å². The molecule has 0 bridgehead atoms. The number of aromatic nitrogens is 2. The predicted octanol–water partition coefficient (Wildman–Crippen LogP) is 4.41. The first-order chi connectivity index (χ1) is 13.7. The van der Waals surface area contributed by atoms with Gasteiger partial charge in [-0.15, -0.1) is 0 Å². The van der Waals surface area contributed by atoms with Crippen LogP contribution in [0.2, 0.25) is 0 Å². The number of H-pyrrole nitrogens is 1. The molecule has 29 heavy (non-hydrogen) atoms. The summed E-state index contributed by atoms with van der Waals surface area (Å²) in [6.07, 6.45) is 1.53. The molecule has 5 nitrogen and oxygen atoms in total. The van der Waals surface area contributed by atoms with Crippen molar-refractivity contribution in [2.24, 2.45) is 0 Å². The van der Waals surface area contributed by atoms with Gasteiger partial charge in [0.1, 0.15) is 34.2 Å². The first kappa shape index (κ1) is 20.7. The molecule has 3 aromatic rings. The van der Waals surface area contributed by atoms with Crippen molar-refractivity contribution in [1.82, 2.24) is 9.55 Å². The molecule has 150 valence electrons. The number of nitrogens with zero attached hydrogens (tertiary/aromatic N) is 1. The molecule has 8 heteroatoms. The summed E-state index contributed by atoms with van der Waals surface area (Å²) in [4.78, 5) is 28.0. The molecule has 1 N–H and O–H groups in total. The van der Waals surface area contributed by atoms with Crippen LogP contribution in [0.25, 0.3) is 11.8 Å². The lowest BCUT2D eigenvalue weighted by molar-refractivity contribution is 0.296. The number of halogens is 3. The molecule has 2 aromatic heterocycles. The normalized spacial score (nSPS) is 10.8. The topological polar surface area (TPSA) is 64.1 Å². The number of rotatable bonds is 5. The fourth-order valence-electron chi connectivity index (χ4n) is 2.89. The van der Waals surface area contributed by atoms with E-state index in [1.54, 1.807) is 26.0 Å². The third kappa shape index (κ3) is 4.07. The van der Waals surface area contributed by atoms with Gasteiger partial charge in [0.15, 0.2) is 0 Å². The maximum Gasteiger partial charge on any atom is 0.273 e. The van der Waals surface area contributed by atoms with Crippen LogP contribution >= 0.6 is 15.9 Å². The number of aromatic amines is 1. The fraction of sp³-hybridized carbons (Fsp3) is 0.143. The lowest BCUT2D eigenvalue weighted by Gasteiger charge is -2.15. The number of pyridine rings is 2. The summed E-state index contributed by atoms with van der Waals surface area (Å²) in [6.45, 7) is 6.89. The third-order valence-electron chi connectivity index (χ3n) is 4.40. The molecule has 0 atom stereocenters. The van der Waals surface area contributed by atoms with Crippen molar-refractivity contribution in [2.75, 3.05) is 0 Å². The number of ether oxygens (including phenoxy) is 1. The number of benzene rings is 1. The Balaban J connectivity index is 2.01. The summed E-state index contributed by atoms with van der Waals surface area (Å²) in [6, 6.07) is 6.32. The highest BCUT2D eigenvalue weighted by atomic mass is 79.9. The van der Waals surface area contributed by atoms with E-state index < -0.39 is 22.8 Å². The molecule has 0 saturated carbocycles. The smallest absolute Gasteiger partial charge is 0.273 e. The summed E-state index contributed by atoms with van der Waals surface area (Å²) in [7, 11) is 0. The zero-order chi connectivity index (χ0) is 21.3. The van der Waals surface area contributed by atoms with Crippen LogP contribution in [0.1, 0.15) is 22.5 Å². The molecule has 2 heterocycles. The fourth-order valence-corrected chi connectivity index (χ4v) is 3.30. The van der Waals surface area contributed by atoms with Gasteiger partial charge >= 0.3 is 0 Å². The van der Waals surface area contributed by atoms with E-state index in [2.05, 4.69) is 27.5 Å². The van der Waals surface area contributed by atoms with Crippen LogP contribution in [0.4, 0.5) is 8.78 Å². The molecule has 0 fully saturated rings. The average Bonchev–Trinajstić information content (AvgIpc) is 2.67. The SMILES string of the molecule is C=Cc1[nH]c(=O)c(-n2c(C)cc(OCc3ccc(F)cc3F)c(Br)c2=O)cc1C. The Labute approximate surface area is 173 Å². The van der Waals surface area contributed by atoms with Gasteiger partial charge in [0, 0.05) is 29.1 Å². The van der Waals surface area contributed by atoms with Crippen molar-refractivity contribution in [1.29, 1.82) is 0 Å². The summed E-state index contributed by atoms with van der Waals surface area (Å²) in [5.41, 5.74) is 1.14. The molecule has 0 aliphatic rings. The van der Waals surface area contributed by atoms with Gasteiger partial charge in [-0.05, 0) is 59.6 Å². The van der Waals surface area contributed by atoms with E-state index in [-0.39, 0.29) is 28.1 Å². The van der Waals surface area contributed by atoms with E-state index in [9.17, 15) is 18.4 Å². The zero-order valence-corrected chi connectivity index (χ0v) is 17.3. The number of hydrogen-bond acceptors (Lipinski definition) is 3. The standard InChI is InChI=1S/C21H17BrF2N2O3/c1-4-16-11(2)7-17(20(27)25-16)26-12(3)8-18(19(22)21(26)28)29-10-13-5-6-14(23)9-15(13)24/h4-9H,1,10H2,2-3H3,(H,25,27). The third-order valence-corrected chi connectivity index (χ3v) is 5.13. The lowest BCUT2D eigenvalue weighted by atomic mass is 10.2. The summed E-state index contributed by atoms with van der Waals surface area (Å²) < 4.78 is 33.7. The molecular formula is C21H17BrF2N2O3. The van der Waals surface area contributed by atoms with Crippen molar-refractivity contribution in [2.45, 2.75) is 20.5 Å². The quantitative estimate of drug-likeness (QED) is 0.610. The van der Waals surface area contributed by atoms with Crippen molar-refractivity contribution in [3.63, 3.8) is 0 Å². The van der Waals surface area contributed by atoms with Crippen LogP contribution in [0, 0.1) is 25.5 Å². The summed E-state index contributed by atoms with van der Waals surface area (Å²) in [5.74, 6) is -1.24. The minimum absolute atomic E-state index is 0.0791. The summed E-state index contributed by atoms with van der Waals surface area (Å²) >= 11 is 3.20. The molecule has 0 amide bonds. The second kappa shape index (κ2) is 8.16. The molecule has 1 aromatic carbocycles. The van der Waals surface area contributed by atoms with Crippen molar-refractivity contribution < 1.29 is 13.5 Å². The zero-order valence-electron chi connectivity index (χ0n) is 15.7. The van der Waals surface area contributed by atoms with E-state index >= 15 is 0 Å². The van der Waals surface area contributed by atoms with Gasteiger partial charge in [0.05, 0.1) is 0 Å². The lowest BCUT2D eigenvalue weighted by Crippen LogP contribution is -2.28. The largest absolute Gasteiger partial charge is 0.487 e. The van der Waals surface area contributed by atoms with Gasteiger partial charge in [-0.3, -0.25) is 14.2 Å². The Bertz CT molecular complexity index is 1230. The highest BCUT2D eigenvalue weighted by molar-refractivity contribution is 9.10. The molecule has 0 saturated heterocycles. The molecule has 0 aliphatic carbocycles. The summed E-state index contributed by atoms with van der Waals surface area (Å²) in [5, 5.41) is 0. The van der Waals surface area contributed by atoms with E-state index in [4.69, 9.17) is 4.74 Å². The minimum Gasteiger partial charge on any atom is -0.487 e. The van der Waals surface area contributed by atoms with Crippen molar-refractivity contribution in [3.05, 3.63) is 96.2 Å². The Hall–Kier alpha value is -3.00. The second-order valence-electron chi connectivity index (χ2n) is 6.41. The average molecular weight is 463 g/mol. The second-order valence-corrected chi connectivity index (χ2v) is 7.21. The highest BCUT2D eigenvalue weighted by Gasteiger charge is 2.17. The van der Waals surface area contributed by atoms with Crippen molar-refractivity contribution in [3.8, 4) is 11.4 Å². The van der Waals surface area contributed by atoms with Gasteiger partial charge in [0.25, 0.3) is 11.1 Å². The van der Waals surface area contributed by atoms with Crippen LogP contribution in [0.15, 0.2) is 51.0 Å². The maximum atomic E-state index is 13.8. The Morgan fingerprint density at radius 2 is 1.93 bits per heavy atom. The van der Waals surface area contributed by atoms with E-state index in [1.807, 2.05) is 0 Å². The van der Waals surface area contributed by atoms with Crippen LogP contribution in [-0.4, -0.2) is 9.55 Å². The van der Waals surface area contributed by atoms with Crippen LogP contribution in [-0.2, 0) is 6.61 Å². The first-order valence-corrected chi connectivity index (χ1v) is 9.38. The molecule has 0 spiro atoms. The molecule has 0 aliphatic heterocycles. The Morgan fingerprint density at radius 1 is 1.21 bits per heavy atom. The van der Waals surface area contributed by atoms with Gasteiger partial charge in [0.2, 0.25) is 0 Å². The van der Waals surface area contributed by atoms with E-state index in [0.717, 1.165) is 17.7 Å². The molecule has 3 rings (SSSR count). The number of hydrogen-bond donors (Lipinski definition) is 1. The molecule has 0 unspecified atom stereocenters. The number of nitrogens with one attached hydrogen (secondary N) is 1. The maximum absolute atomic E-state index is 13.8. The van der Waals surface area contributed by atoms with E-state index in [0.29, 0.717) is 11.4 Å². The van der Waals surface area contributed by atoms with Crippen LogP contribution in [0.5, 0.6) is 5.75 Å². The van der Waals surface area contributed by atoms with Gasteiger partial charge in [-0.25, -0.2) is 8.78 Å². The van der Waals surface area contributed by atoms with Gasteiger partial charge < -0.3 is 9.72 Å². The molecule has 0 radical (unpaired) electrons. The van der Waals surface area contributed by atoms with Crippen molar-refractivity contribution >= 4 is 22.0 Å². The Kier molecular flexibility index (Phi) is 5.83. The van der Waals surface area contributed by atoms with Gasteiger partial charge in [-0.2, -0.15) is 0 Å². The first-order valence-electron chi connectivity index (χ1n) is 8.58. The monoisotopic (exact) mass is 462 g/mol. The number of aryl methyl sites for hydroxylation is 2. The van der Waals surface area contributed by atoms with Crippen LogP contribution < -0.4 is 15.9 Å². The highest BCUT2D eigenvalue weighted by Crippen LogP contribution is 2.25. The van der Waals surface area contributed by atoms with Gasteiger partial charge in [-0.1, -0.05) is 6.58 Å². The predicted molar refractivity (Wildman–Crippen MR) is 111 cm³/mol. The minimum atomic E-state index is -0.740. The Morgan fingerprint density at radius 3 is 2.59 bits per heavy atom.